The second kappa shape index (κ2) is 5.59. The lowest BCUT2D eigenvalue weighted by Gasteiger charge is -2.11. The van der Waals surface area contributed by atoms with Gasteiger partial charge in [-0.25, -0.2) is 9.78 Å². The van der Waals surface area contributed by atoms with E-state index in [4.69, 9.17) is 0 Å². The second-order valence-corrected chi connectivity index (χ2v) is 3.94. The fourth-order valence-electron chi connectivity index (χ4n) is 1.00. The molecule has 0 saturated carbocycles. The summed E-state index contributed by atoms with van der Waals surface area (Å²) in [6, 6.07) is 0.813. The minimum atomic E-state index is -4.97. The zero-order chi connectivity index (χ0) is 13.9. The van der Waals surface area contributed by atoms with Crippen LogP contribution in [0.25, 0.3) is 0 Å². The molecule has 0 unspecified atom stereocenters. The van der Waals surface area contributed by atoms with Crippen molar-refractivity contribution >= 4 is 28.6 Å². The summed E-state index contributed by atoms with van der Waals surface area (Å²) in [6.45, 7) is 1.66. The lowest BCUT2D eigenvalue weighted by molar-refractivity contribution is -0.276. The Bertz CT molecular complexity index is 464. The first-order valence-corrected chi connectivity index (χ1v) is 5.65. The van der Waals surface area contributed by atoms with Gasteiger partial charge >= 0.3 is 12.3 Å². The van der Waals surface area contributed by atoms with Gasteiger partial charge in [0.15, 0.2) is 5.75 Å². The summed E-state index contributed by atoms with van der Waals surface area (Å²) in [5.41, 5.74) is -0.135. The normalized spacial score (nSPS) is 11.2. The summed E-state index contributed by atoms with van der Waals surface area (Å²) < 4.78 is 44.0. The van der Waals surface area contributed by atoms with Gasteiger partial charge in [-0.15, -0.1) is 13.2 Å². The van der Waals surface area contributed by atoms with Gasteiger partial charge in [0.2, 0.25) is 0 Å². The van der Waals surface area contributed by atoms with Gasteiger partial charge in [-0.05, 0) is 29.5 Å². The van der Waals surface area contributed by atoms with Gasteiger partial charge in [0.1, 0.15) is 3.70 Å². The summed E-state index contributed by atoms with van der Waals surface area (Å²) in [6.07, 6.45) is -4.97. The molecule has 1 N–H and O–H groups in total. The standard InChI is InChI=1S/C9H7F3INO4/c1-2-17-8(16)4-3-5(15)7(14-6(4)13)18-9(10,11)12/h3,15H,2H2,1H3. The minimum Gasteiger partial charge on any atom is -0.503 e. The van der Waals surface area contributed by atoms with Crippen molar-refractivity contribution in [1.82, 2.24) is 4.98 Å². The molecule has 0 radical (unpaired) electrons. The Kier molecular flexibility index (Phi) is 4.59. The van der Waals surface area contributed by atoms with E-state index in [0.717, 1.165) is 6.07 Å². The van der Waals surface area contributed by atoms with E-state index < -0.39 is 24.0 Å². The van der Waals surface area contributed by atoms with Crippen molar-refractivity contribution in [1.29, 1.82) is 0 Å². The molecule has 0 aliphatic carbocycles. The van der Waals surface area contributed by atoms with Crippen LogP contribution in [0.2, 0.25) is 0 Å². The first-order chi connectivity index (χ1) is 8.24. The number of esters is 1. The number of rotatable bonds is 3. The van der Waals surface area contributed by atoms with E-state index in [1.165, 1.54) is 22.6 Å². The summed E-state index contributed by atoms with van der Waals surface area (Å²) in [5.74, 6) is -2.70. The smallest absolute Gasteiger partial charge is 0.503 e. The van der Waals surface area contributed by atoms with Gasteiger partial charge < -0.3 is 14.6 Å². The van der Waals surface area contributed by atoms with E-state index in [1.807, 2.05) is 0 Å². The Morgan fingerprint density at radius 2 is 2.17 bits per heavy atom. The number of hydrogen-bond donors (Lipinski definition) is 1. The molecular weight excluding hydrogens is 370 g/mol. The molecule has 18 heavy (non-hydrogen) atoms. The van der Waals surface area contributed by atoms with Crippen LogP contribution in [-0.4, -0.2) is 29.0 Å². The first kappa shape index (κ1) is 14.8. The van der Waals surface area contributed by atoms with Crippen molar-refractivity contribution < 1.29 is 32.5 Å². The lowest BCUT2D eigenvalue weighted by atomic mass is 10.3. The topological polar surface area (TPSA) is 68.7 Å². The number of aromatic nitrogens is 1. The largest absolute Gasteiger partial charge is 0.574 e. The van der Waals surface area contributed by atoms with Gasteiger partial charge in [-0.1, -0.05) is 0 Å². The molecule has 0 amide bonds. The van der Waals surface area contributed by atoms with Crippen LogP contribution in [0.4, 0.5) is 13.2 Å². The minimum absolute atomic E-state index is 0.0666. The Labute approximate surface area is 113 Å². The molecule has 0 aliphatic heterocycles. The first-order valence-electron chi connectivity index (χ1n) is 4.57. The zero-order valence-corrected chi connectivity index (χ0v) is 11.1. The fraction of sp³-hybridized carbons (Fsp3) is 0.333. The number of alkyl halides is 3. The molecule has 0 bridgehead atoms. The van der Waals surface area contributed by atoms with Crippen LogP contribution in [0.5, 0.6) is 11.6 Å². The molecule has 1 aromatic heterocycles. The highest BCUT2D eigenvalue weighted by atomic mass is 127. The van der Waals surface area contributed by atoms with E-state index in [9.17, 15) is 23.1 Å². The third kappa shape index (κ3) is 3.89. The van der Waals surface area contributed by atoms with Crippen molar-refractivity contribution in [2.45, 2.75) is 13.3 Å². The molecule has 1 rings (SSSR count). The van der Waals surface area contributed by atoms with Crippen LogP contribution >= 0.6 is 22.6 Å². The molecule has 9 heteroatoms. The molecular formula is C9H7F3INO4. The van der Waals surface area contributed by atoms with Crippen molar-refractivity contribution in [2.24, 2.45) is 0 Å². The van der Waals surface area contributed by atoms with Gasteiger partial charge in [-0.3, -0.25) is 0 Å². The predicted octanol–water partition coefficient (Wildman–Crippen LogP) is 2.47. The zero-order valence-electron chi connectivity index (χ0n) is 8.92. The summed E-state index contributed by atoms with van der Waals surface area (Å²) >= 11 is 1.54. The number of carbonyl (C=O) groups excluding carboxylic acids is 1. The maximum absolute atomic E-state index is 12.0. The highest BCUT2D eigenvalue weighted by molar-refractivity contribution is 14.1. The van der Waals surface area contributed by atoms with Gasteiger partial charge in [0, 0.05) is 6.07 Å². The van der Waals surface area contributed by atoms with E-state index in [-0.39, 0.29) is 15.9 Å². The number of aromatic hydroxyl groups is 1. The number of carbonyl (C=O) groups is 1. The van der Waals surface area contributed by atoms with Crippen molar-refractivity contribution in [3.8, 4) is 11.6 Å². The molecule has 0 aromatic carbocycles. The Morgan fingerprint density at radius 1 is 1.56 bits per heavy atom. The van der Waals surface area contributed by atoms with Crippen LogP contribution < -0.4 is 4.74 Å². The number of ether oxygens (including phenoxy) is 2. The highest BCUT2D eigenvalue weighted by Crippen LogP contribution is 2.31. The van der Waals surface area contributed by atoms with Crippen molar-refractivity contribution in [3.05, 3.63) is 15.3 Å². The summed E-state index contributed by atoms with van der Waals surface area (Å²) in [5, 5.41) is 9.30. The average Bonchev–Trinajstić information content (AvgIpc) is 2.21. The molecule has 0 fully saturated rings. The molecule has 1 heterocycles. The van der Waals surface area contributed by atoms with E-state index >= 15 is 0 Å². The molecule has 0 aliphatic rings. The van der Waals surface area contributed by atoms with Crippen LogP contribution in [0.3, 0.4) is 0 Å². The summed E-state index contributed by atoms with van der Waals surface area (Å²) in [7, 11) is 0. The maximum atomic E-state index is 12.0. The average molecular weight is 377 g/mol. The van der Waals surface area contributed by atoms with Crippen molar-refractivity contribution in [2.75, 3.05) is 6.61 Å². The quantitative estimate of drug-likeness (QED) is 0.498. The van der Waals surface area contributed by atoms with Crippen molar-refractivity contribution in [3.63, 3.8) is 0 Å². The Hall–Kier alpha value is -1.26. The predicted molar refractivity (Wildman–Crippen MR) is 61.3 cm³/mol. The number of pyridine rings is 1. The Morgan fingerprint density at radius 3 is 2.67 bits per heavy atom. The third-order valence-corrected chi connectivity index (χ3v) is 2.45. The number of halogens is 4. The number of hydrogen-bond acceptors (Lipinski definition) is 5. The molecule has 0 atom stereocenters. The van der Waals surface area contributed by atoms with Crippen LogP contribution in [0.1, 0.15) is 17.3 Å². The van der Waals surface area contributed by atoms with Gasteiger partial charge in [-0.2, -0.15) is 0 Å². The van der Waals surface area contributed by atoms with E-state index in [0.29, 0.717) is 0 Å². The third-order valence-electron chi connectivity index (χ3n) is 1.63. The molecule has 5 nitrogen and oxygen atoms in total. The van der Waals surface area contributed by atoms with E-state index in [1.54, 1.807) is 6.92 Å². The monoisotopic (exact) mass is 377 g/mol. The lowest BCUT2D eigenvalue weighted by Crippen LogP contribution is -2.19. The second-order valence-electron chi connectivity index (χ2n) is 2.92. The SMILES string of the molecule is CCOC(=O)c1cc(O)c(OC(F)(F)F)nc1I. The van der Waals surface area contributed by atoms with Crippen LogP contribution in [0, 0.1) is 3.70 Å². The Balaban J connectivity index is 3.08. The van der Waals surface area contributed by atoms with Crippen LogP contribution in [0.15, 0.2) is 6.07 Å². The molecule has 100 valence electrons. The number of nitrogens with zero attached hydrogens (tertiary/aromatic N) is 1. The highest BCUT2D eigenvalue weighted by Gasteiger charge is 2.33. The van der Waals surface area contributed by atoms with Gasteiger partial charge in [0.25, 0.3) is 5.88 Å². The van der Waals surface area contributed by atoms with Crippen LogP contribution in [-0.2, 0) is 4.74 Å². The molecule has 1 aromatic rings. The molecule has 0 spiro atoms. The fourth-order valence-corrected chi connectivity index (χ4v) is 1.60. The molecule has 0 saturated heterocycles. The van der Waals surface area contributed by atoms with Gasteiger partial charge in [0.05, 0.1) is 12.2 Å². The summed E-state index contributed by atoms with van der Waals surface area (Å²) in [4.78, 5) is 14.7. The van der Waals surface area contributed by atoms with E-state index in [2.05, 4.69) is 14.5 Å². The maximum Gasteiger partial charge on any atom is 0.574 e.